The number of imidazole rings is 1. The maximum atomic E-state index is 11.9. The van der Waals surface area contributed by atoms with Crippen LogP contribution in [0.2, 0.25) is 0 Å². The van der Waals surface area contributed by atoms with Crippen LogP contribution in [-0.2, 0) is 6.54 Å². The summed E-state index contributed by atoms with van der Waals surface area (Å²) in [5.74, 6) is 0.586. The third kappa shape index (κ3) is 2.04. The topological polar surface area (TPSA) is 83.5 Å². The van der Waals surface area contributed by atoms with Gasteiger partial charge in [-0.05, 0) is 33.8 Å². The van der Waals surface area contributed by atoms with Gasteiger partial charge >= 0.3 is 5.69 Å². The summed E-state index contributed by atoms with van der Waals surface area (Å²) in [5, 5.41) is 1.93. The van der Waals surface area contributed by atoms with Gasteiger partial charge in [0.05, 0.1) is 4.88 Å². The molecule has 3 heterocycles. The molecule has 3 rings (SSSR count). The Labute approximate surface area is 125 Å². The van der Waals surface area contributed by atoms with E-state index in [1.165, 1.54) is 15.9 Å². The van der Waals surface area contributed by atoms with Crippen LogP contribution in [0.15, 0.2) is 25.5 Å². The average Bonchev–Trinajstić information content (AvgIpc) is 3.00. The Bertz CT molecular complexity index is 889. The summed E-state index contributed by atoms with van der Waals surface area (Å²) in [6.07, 6.45) is 0.784. The number of fused-ring (bicyclic) bond motifs is 1. The fraction of sp³-hybridized carbons (Fsp3) is 0.250. The predicted octanol–water partition coefficient (Wildman–Crippen LogP) is 2.31. The molecule has 0 aromatic carbocycles. The highest BCUT2D eigenvalue weighted by molar-refractivity contribution is 9.10. The van der Waals surface area contributed by atoms with E-state index in [1.54, 1.807) is 0 Å². The molecule has 0 radical (unpaired) electrons. The number of aromatic nitrogens is 4. The Morgan fingerprint density at radius 1 is 1.40 bits per heavy atom. The molecule has 2 N–H and O–H groups in total. The van der Waals surface area contributed by atoms with Gasteiger partial charge in [-0.2, -0.15) is 0 Å². The number of hydrogen-bond acceptors (Lipinski definition) is 4. The van der Waals surface area contributed by atoms with E-state index in [9.17, 15) is 9.59 Å². The molecule has 0 saturated heterocycles. The number of thiophene rings is 1. The van der Waals surface area contributed by atoms with Crippen LogP contribution in [-0.4, -0.2) is 19.5 Å². The van der Waals surface area contributed by atoms with Gasteiger partial charge in [-0.15, -0.1) is 11.3 Å². The zero-order chi connectivity index (χ0) is 14.3. The zero-order valence-electron chi connectivity index (χ0n) is 10.6. The van der Waals surface area contributed by atoms with Crippen LogP contribution >= 0.6 is 27.3 Å². The molecule has 0 fully saturated rings. The lowest BCUT2D eigenvalue weighted by molar-refractivity contribution is 0.653. The first kappa shape index (κ1) is 13.3. The van der Waals surface area contributed by atoms with E-state index >= 15 is 0 Å². The summed E-state index contributed by atoms with van der Waals surface area (Å²) in [6, 6.07) is 1.91. The molecule has 0 bridgehead atoms. The highest BCUT2D eigenvalue weighted by Gasteiger charge is 2.15. The van der Waals surface area contributed by atoms with E-state index < -0.39 is 11.2 Å². The minimum Gasteiger partial charge on any atom is -0.331 e. The van der Waals surface area contributed by atoms with Gasteiger partial charge in [-0.3, -0.25) is 14.3 Å². The lowest BCUT2D eigenvalue weighted by Gasteiger charge is -2.02. The second-order valence-electron chi connectivity index (χ2n) is 4.29. The van der Waals surface area contributed by atoms with Crippen molar-refractivity contribution in [3.05, 3.63) is 36.8 Å². The Kier molecular flexibility index (Phi) is 3.35. The van der Waals surface area contributed by atoms with Gasteiger partial charge < -0.3 is 4.98 Å². The second-order valence-corrected chi connectivity index (χ2v) is 6.06. The Balaban J connectivity index is 2.33. The summed E-state index contributed by atoms with van der Waals surface area (Å²) >= 11 is 4.95. The van der Waals surface area contributed by atoms with Crippen molar-refractivity contribution in [1.29, 1.82) is 0 Å². The van der Waals surface area contributed by atoms with E-state index in [1.807, 2.05) is 18.4 Å². The Morgan fingerprint density at radius 3 is 2.85 bits per heavy atom. The number of nitrogens with one attached hydrogen (secondary N) is 2. The van der Waals surface area contributed by atoms with Gasteiger partial charge in [-0.1, -0.05) is 6.92 Å². The molecule has 0 aliphatic carbocycles. The minimum atomic E-state index is -0.441. The third-order valence-corrected chi connectivity index (χ3v) is 4.76. The van der Waals surface area contributed by atoms with Gasteiger partial charge in [0.1, 0.15) is 5.52 Å². The van der Waals surface area contributed by atoms with Gasteiger partial charge in [0.25, 0.3) is 5.56 Å². The zero-order valence-corrected chi connectivity index (χ0v) is 13.0. The number of aromatic amines is 2. The first-order chi connectivity index (χ1) is 9.61. The van der Waals surface area contributed by atoms with Crippen LogP contribution in [0, 0.1) is 0 Å². The molecule has 0 unspecified atom stereocenters. The quantitative estimate of drug-likeness (QED) is 0.756. The standard InChI is InChI=1S/C12H11BrN4O2S/c1-2-4-17-10-7(11(18)16-12(17)19)14-9(15-10)8-6(13)3-5-20-8/h3,5H,2,4H2,1H3,(H,14,15)(H,16,18,19). The highest BCUT2D eigenvalue weighted by atomic mass is 79.9. The molecule has 0 aliphatic heterocycles. The second kappa shape index (κ2) is 5.02. The van der Waals surface area contributed by atoms with Crippen molar-refractivity contribution in [2.75, 3.05) is 0 Å². The van der Waals surface area contributed by atoms with Crippen molar-refractivity contribution in [3.63, 3.8) is 0 Å². The van der Waals surface area contributed by atoms with Crippen LogP contribution in [0.3, 0.4) is 0 Å². The van der Waals surface area contributed by atoms with Crippen LogP contribution in [0.4, 0.5) is 0 Å². The SMILES string of the molecule is CCCn1c(=O)[nH]c(=O)c2[nH]c(-c3sccc3Br)nc21. The molecule has 0 saturated carbocycles. The Hall–Kier alpha value is -1.67. The smallest absolute Gasteiger partial charge is 0.330 e. The fourth-order valence-corrected chi connectivity index (χ4v) is 3.55. The molecule has 0 atom stereocenters. The number of rotatable bonds is 3. The monoisotopic (exact) mass is 354 g/mol. The molecule has 0 amide bonds. The molecule has 0 spiro atoms. The van der Waals surface area contributed by atoms with Crippen LogP contribution in [0.25, 0.3) is 21.9 Å². The van der Waals surface area contributed by atoms with E-state index in [0.29, 0.717) is 23.5 Å². The molecule has 8 heteroatoms. The lowest BCUT2D eigenvalue weighted by Crippen LogP contribution is -2.30. The lowest BCUT2D eigenvalue weighted by atomic mass is 10.4. The number of hydrogen-bond donors (Lipinski definition) is 2. The number of nitrogens with zero attached hydrogens (tertiary/aromatic N) is 2. The summed E-state index contributed by atoms with van der Waals surface area (Å²) in [4.78, 5) is 34.4. The molecular weight excluding hydrogens is 344 g/mol. The van der Waals surface area contributed by atoms with Crippen molar-refractivity contribution in [1.82, 2.24) is 19.5 Å². The number of halogens is 1. The molecular formula is C12H11BrN4O2S. The maximum Gasteiger partial charge on any atom is 0.330 e. The molecule has 3 aromatic heterocycles. The van der Waals surface area contributed by atoms with Gasteiger partial charge in [-0.25, -0.2) is 9.78 Å². The maximum absolute atomic E-state index is 11.9. The van der Waals surface area contributed by atoms with E-state index in [2.05, 4.69) is 30.9 Å². The average molecular weight is 355 g/mol. The predicted molar refractivity (Wildman–Crippen MR) is 82.3 cm³/mol. The van der Waals surface area contributed by atoms with Crippen molar-refractivity contribution >= 4 is 38.4 Å². The molecule has 20 heavy (non-hydrogen) atoms. The highest BCUT2D eigenvalue weighted by Crippen LogP contribution is 2.32. The number of aryl methyl sites for hydroxylation is 1. The van der Waals surface area contributed by atoms with Crippen LogP contribution in [0.5, 0.6) is 0 Å². The first-order valence-electron chi connectivity index (χ1n) is 6.08. The van der Waals surface area contributed by atoms with E-state index in [-0.39, 0.29) is 0 Å². The van der Waals surface area contributed by atoms with Crippen molar-refractivity contribution in [2.24, 2.45) is 0 Å². The molecule has 0 aliphatic rings. The number of H-pyrrole nitrogens is 2. The van der Waals surface area contributed by atoms with Gasteiger partial charge in [0, 0.05) is 11.0 Å². The summed E-state index contributed by atoms with van der Waals surface area (Å²) in [7, 11) is 0. The van der Waals surface area contributed by atoms with Crippen LogP contribution < -0.4 is 11.2 Å². The normalized spacial score (nSPS) is 11.3. The van der Waals surface area contributed by atoms with Crippen molar-refractivity contribution < 1.29 is 0 Å². The summed E-state index contributed by atoms with van der Waals surface area (Å²) in [6.45, 7) is 2.48. The van der Waals surface area contributed by atoms with Crippen molar-refractivity contribution in [2.45, 2.75) is 19.9 Å². The van der Waals surface area contributed by atoms with Crippen molar-refractivity contribution in [3.8, 4) is 10.7 Å². The molecule has 104 valence electrons. The summed E-state index contributed by atoms with van der Waals surface area (Å²) < 4.78 is 2.39. The van der Waals surface area contributed by atoms with E-state index in [4.69, 9.17) is 0 Å². The molecule has 6 nitrogen and oxygen atoms in total. The first-order valence-corrected chi connectivity index (χ1v) is 7.75. The fourth-order valence-electron chi connectivity index (χ4n) is 2.04. The largest absolute Gasteiger partial charge is 0.331 e. The molecule has 3 aromatic rings. The van der Waals surface area contributed by atoms with Gasteiger partial charge in [0.2, 0.25) is 0 Å². The van der Waals surface area contributed by atoms with Gasteiger partial charge in [0.15, 0.2) is 11.5 Å². The minimum absolute atomic E-state index is 0.327. The Morgan fingerprint density at radius 2 is 2.20 bits per heavy atom. The van der Waals surface area contributed by atoms with Crippen LogP contribution in [0.1, 0.15) is 13.3 Å². The third-order valence-electron chi connectivity index (χ3n) is 2.91. The van der Waals surface area contributed by atoms with E-state index in [0.717, 1.165) is 15.8 Å². The summed E-state index contributed by atoms with van der Waals surface area (Å²) in [5.41, 5.74) is -0.138.